The molecule has 39 heavy (non-hydrogen) atoms. The maximum absolute atomic E-state index is 13.3. The first-order chi connectivity index (χ1) is 18.8. The molecule has 10 heteroatoms. The van der Waals surface area contributed by atoms with Gasteiger partial charge in [-0.1, -0.05) is 37.3 Å². The largest absolute Gasteiger partial charge is 0.497 e. The Kier molecular flexibility index (Phi) is 11.3. The summed E-state index contributed by atoms with van der Waals surface area (Å²) in [5.74, 6) is -0.325. The van der Waals surface area contributed by atoms with Crippen molar-refractivity contribution in [2.45, 2.75) is 32.6 Å². The summed E-state index contributed by atoms with van der Waals surface area (Å²) in [5, 5.41) is 2.85. The molecule has 0 saturated heterocycles. The van der Waals surface area contributed by atoms with Crippen LogP contribution in [-0.2, 0) is 21.2 Å². The fraction of sp³-hybridized carbons (Fsp3) is 0.345. The van der Waals surface area contributed by atoms with Crippen LogP contribution in [0.15, 0.2) is 79.1 Å². The third-order valence-electron chi connectivity index (χ3n) is 6.17. The van der Waals surface area contributed by atoms with Crippen molar-refractivity contribution in [3.8, 4) is 5.75 Å². The molecule has 208 valence electrons. The molecule has 0 saturated carbocycles. The van der Waals surface area contributed by atoms with Crippen molar-refractivity contribution in [1.82, 2.24) is 15.2 Å². The molecule has 2 aromatic carbocycles. The first-order valence-electron chi connectivity index (χ1n) is 12.9. The second kappa shape index (κ2) is 14.9. The molecule has 0 spiro atoms. The first-order valence-corrected chi connectivity index (χ1v) is 14.6. The fourth-order valence-corrected chi connectivity index (χ4v) is 5.27. The van der Waals surface area contributed by atoms with E-state index in [-0.39, 0.29) is 24.2 Å². The summed E-state index contributed by atoms with van der Waals surface area (Å²) in [7, 11) is -2.30. The van der Waals surface area contributed by atoms with Gasteiger partial charge in [-0.3, -0.25) is 19.3 Å². The first kappa shape index (κ1) is 29.6. The van der Waals surface area contributed by atoms with Crippen molar-refractivity contribution in [3.05, 3.63) is 90.3 Å². The third kappa shape index (κ3) is 10.4. The van der Waals surface area contributed by atoms with Gasteiger partial charge in [-0.2, -0.15) is 0 Å². The maximum atomic E-state index is 13.3. The molecule has 0 aliphatic rings. The molecule has 0 bridgehead atoms. The van der Waals surface area contributed by atoms with Crippen LogP contribution in [0.2, 0.25) is 0 Å². The van der Waals surface area contributed by atoms with Crippen LogP contribution in [0.4, 0.5) is 5.69 Å². The Balaban J connectivity index is 1.58. The summed E-state index contributed by atoms with van der Waals surface area (Å²) in [6, 6.07) is 19.7. The minimum absolute atomic E-state index is 0.0517. The van der Waals surface area contributed by atoms with E-state index in [1.165, 1.54) is 12.0 Å². The summed E-state index contributed by atoms with van der Waals surface area (Å²) < 4.78 is 33.6. The van der Waals surface area contributed by atoms with Gasteiger partial charge < -0.3 is 15.0 Å². The number of carbonyl (C=O) groups is 2. The van der Waals surface area contributed by atoms with E-state index in [0.717, 1.165) is 12.0 Å². The second-order valence-electron chi connectivity index (χ2n) is 9.41. The highest BCUT2D eigenvalue weighted by Crippen LogP contribution is 2.18. The highest BCUT2D eigenvalue weighted by atomic mass is 32.2. The molecule has 2 amide bonds. The van der Waals surface area contributed by atoms with E-state index in [2.05, 4.69) is 15.0 Å². The molecular formula is C29H36N4O5S. The number of methoxy groups -OCH3 is 1. The van der Waals surface area contributed by atoms with Crippen molar-refractivity contribution in [3.63, 3.8) is 0 Å². The molecule has 3 aromatic rings. The minimum atomic E-state index is -3.84. The van der Waals surface area contributed by atoms with E-state index in [9.17, 15) is 18.0 Å². The third-order valence-corrected chi connectivity index (χ3v) is 7.36. The predicted molar refractivity (Wildman–Crippen MR) is 152 cm³/mol. The molecule has 0 radical (unpaired) electrons. The predicted octanol–water partition coefficient (Wildman–Crippen LogP) is 4.10. The molecule has 1 unspecified atom stereocenters. The van der Waals surface area contributed by atoms with Gasteiger partial charge in [0.1, 0.15) is 11.6 Å². The SMILES string of the molecule is COc1ccc(NS(=O)(=O)CN(CCCc2ccccc2)C(=O)CC(C)CCNC(=O)c2ccncc2)cc1. The molecule has 3 rings (SSSR count). The van der Waals surface area contributed by atoms with Gasteiger partial charge in [0.05, 0.1) is 7.11 Å². The molecule has 9 nitrogen and oxygen atoms in total. The van der Waals surface area contributed by atoms with Crippen LogP contribution in [-0.4, -0.2) is 56.2 Å². The van der Waals surface area contributed by atoms with Gasteiger partial charge in [-0.05, 0) is 67.1 Å². The number of rotatable bonds is 15. The molecule has 0 aliphatic carbocycles. The van der Waals surface area contributed by atoms with E-state index in [1.807, 2.05) is 37.3 Å². The summed E-state index contributed by atoms with van der Waals surface area (Å²) >= 11 is 0. The Hall–Kier alpha value is -3.92. The lowest BCUT2D eigenvalue weighted by Crippen LogP contribution is -2.39. The molecule has 1 aromatic heterocycles. The van der Waals surface area contributed by atoms with Gasteiger partial charge in [0.15, 0.2) is 0 Å². The van der Waals surface area contributed by atoms with E-state index in [1.54, 1.807) is 48.8 Å². The number of aryl methyl sites for hydroxylation is 1. The molecule has 1 atom stereocenters. The average Bonchev–Trinajstić information content (AvgIpc) is 2.93. The van der Waals surface area contributed by atoms with Crippen LogP contribution in [0.25, 0.3) is 0 Å². The van der Waals surface area contributed by atoms with Crippen molar-refractivity contribution >= 4 is 27.5 Å². The quantitative estimate of drug-likeness (QED) is 0.293. The van der Waals surface area contributed by atoms with Crippen molar-refractivity contribution in [2.75, 3.05) is 30.8 Å². The number of hydrogen-bond acceptors (Lipinski definition) is 6. The van der Waals surface area contributed by atoms with Gasteiger partial charge in [-0.15, -0.1) is 0 Å². The summed E-state index contributed by atoms with van der Waals surface area (Å²) in [6.45, 7) is 2.63. The monoisotopic (exact) mass is 552 g/mol. The Labute approximate surface area is 230 Å². The lowest BCUT2D eigenvalue weighted by atomic mass is 10.0. The van der Waals surface area contributed by atoms with Crippen molar-refractivity contribution < 1.29 is 22.7 Å². The topological polar surface area (TPSA) is 118 Å². The zero-order valence-corrected chi connectivity index (χ0v) is 23.2. The van der Waals surface area contributed by atoms with Crippen LogP contribution in [0, 0.1) is 5.92 Å². The Morgan fingerprint density at radius 2 is 1.69 bits per heavy atom. The number of carbonyl (C=O) groups excluding carboxylic acids is 2. The van der Waals surface area contributed by atoms with E-state index >= 15 is 0 Å². The van der Waals surface area contributed by atoms with Crippen LogP contribution < -0.4 is 14.8 Å². The van der Waals surface area contributed by atoms with E-state index in [4.69, 9.17) is 4.74 Å². The number of aromatic nitrogens is 1. The number of anilines is 1. The zero-order chi connectivity index (χ0) is 28.1. The minimum Gasteiger partial charge on any atom is -0.497 e. The normalized spacial score (nSPS) is 11.8. The molecule has 0 aliphatic heterocycles. The molecular weight excluding hydrogens is 516 g/mol. The summed E-state index contributed by atoms with van der Waals surface area (Å²) in [4.78, 5) is 30.8. The van der Waals surface area contributed by atoms with Gasteiger partial charge >= 0.3 is 0 Å². The molecule has 0 fully saturated rings. The number of nitrogens with one attached hydrogen (secondary N) is 2. The van der Waals surface area contributed by atoms with Gasteiger partial charge in [-0.25, -0.2) is 8.42 Å². The zero-order valence-electron chi connectivity index (χ0n) is 22.4. The lowest BCUT2D eigenvalue weighted by Gasteiger charge is -2.24. The Bertz CT molecular complexity index is 1290. The number of pyridine rings is 1. The van der Waals surface area contributed by atoms with Crippen LogP contribution >= 0.6 is 0 Å². The molecule has 2 N–H and O–H groups in total. The standard InChI is InChI=1S/C29H36N4O5S/c1-23(14-19-31-29(35)25-15-17-30-18-16-25)21-28(34)33(20-6-9-24-7-4-3-5-8-24)22-39(36,37)32-26-10-12-27(38-2)13-11-26/h3-5,7-8,10-13,15-18,23,32H,6,9,14,19-22H2,1-2H3,(H,31,35). The lowest BCUT2D eigenvalue weighted by molar-refractivity contribution is -0.131. The maximum Gasteiger partial charge on any atom is 0.251 e. The summed E-state index contributed by atoms with van der Waals surface area (Å²) in [5.41, 5.74) is 2.04. The Morgan fingerprint density at radius 1 is 1.00 bits per heavy atom. The molecule has 1 heterocycles. The van der Waals surface area contributed by atoms with Crippen molar-refractivity contribution in [2.24, 2.45) is 5.92 Å². The van der Waals surface area contributed by atoms with Gasteiger partial charge in [0.25, 0.3) is 15.9 Å². The number of benzene rings is 2. The highest BCUT2D eigenvalue weighted by molar-refractivity contribution is 7.92. The summed E-state index contributed by atoms with van der Waals surface area (Å²) in [6.07, 6.45) is 5.23. The number of sulfonamides is 1. The van der Waals surface area contributed by atoms with Crippen molar-refractivity contribution in [1.29, 1.82) is 0 Å². The smallest absolute Gasteiger partial charge is 0.251 e. The number of hydrogen-bond donors (Lipinski definition) is 2. The van der Waals surface area contributed by atoms with Crippen LogP contribution in [0.5, 0.6) is 5.75 Å². The average molecular weight is 553 g/mol. The van der Waals surface area contributed by atoms with Gasteiger partial charge in [0, 0.05) is 43.2 Å². The van der Waals surface area contributed by atoms with Crippen LogP contribution in [0.3, 0.4) is 0 Å². The van der Waals surface area contributed by atoms with Gasteiger partial charge in [0.2, 0.25) is 5.91 Å². The Morgan fingerprint density at radius 3 is 2.36 bits per heavy atom. The van der Waals surface area contributed by atoms with Crippen LogP contribution in [0.1, 0.15) is 42.1 Å². The fourth-order valence-electron chi connectivity index (χ4n) is 4.02. The second-order valence-corrected chi connectivity index (χ2v) is 11.1. The number of ether oxygens (including phenoxy) is 1. The highest BCUT2D eigenvalue weighted by Gasteiger charge is 2.23. The number of amides is 2. The van der Waals surface area contributed by atoms with E-state index < -0.39 is 15.9 Å². The van der Waals surface area contributed by atoms with E-state index in [0.29, 0.717) is 42.9 Å². The number of nitrogens with zero attached hydrogens (tertiary/aromatic N) is 2.